The molecule has 128 valence electrons. The first-order chi connectivity index (χ1) is 11.1. The largest absolute Gasteiger partial charge is 0.493 e. The van der Waals surface area contributed by atoms with Gasteiger partial charge in [-0.25, -0.2) is 0 Å². The average Bonchev–Trinajstić information content (AvgIpc) is 2.57. The minimum Gasteiger partial charge on any atom is -0.493 e. The van der Waals surface area contributed by atoms with E-state index < -0.39 is 0 Å². The van der Waals surface area contributed by atoms with E-state index >= 15 is 0 Å². The third-order valence-electron chi connectivity index (χ3n) is 4.37. The Kier molecular flexibility index (Phi) is 6.47. The summed E-state index contributed by atoms with van der Waals surface area (Å²) in [6.07, 6.45) is 0. The molecule has 1 heterocycles. The van der Waals surface area contributed by atoms with Gasteiger partial charge in [-0.05, 0) is 43.8 Å². The molecule has 23 heavy (non-hydrogen) atoms. The van der Waals surface area contributed by atoms with Gasteiger partial charge in [-0.3, -0.25) is 0 Å². The van der Waals surface area contributed by atoms with E-state index in [9.17, 15) is 0 Å². The van der Waals surface area contributed by atoms with Crippen molar-refractivity contribution in [1.82, 2.24) is 10.2 Å². The summed E-state index contributed by atoms with van der Waals surface area (Å²) in [7, 11) is 3.36. The van der Waals surface area contributed by atoms with Gasteiger partial charge in [-0.1, -0.05) is 0 Å². The van der Waals surface area contributed by atoms with E-state index in [-0.39, 0.29) is 0 Å². The van der Waals surface area contributed by atoms with Gasteiger partial charge < -0.3 is 24.6 Å². The normalized spacial score (nSPS) is 15.4. The number of quaternary nitrogens is 1. The molecule has 2 rings (SSSR count). The minimum atomic E-state index is 0.796. The van der Waals surface area contributed by atoms with Crippen LogP contribution >= 0.6 is 12.2 Å². The van der Waals surface area contributed by atoms with Crippen LogP contribution in [0.5, 0.6) is 11.5 Å². The Hall–Kier alpha value is -1.53. The molecule has 0 unspecified atom stereocenters. The number of rotatable bonds is 5. The van der Waals surface area contributed by atoms with Crippen LogP contribution in [0, 0.1) is 6.92 Å². The summed E-state index contributed by atoms with van der Waals surface area (Å²) < 4.78 is 10.8. The molecule has 1 fully saturated rings. The van der Waals surface area contributed by atoms with E-state index in [1.165, 1.54) is 11.1 Å². The summed E-state index contributed by atoms with van der Waals surface area (Å²) in [6.45, 7) is 10.3. The van der Waals surface area contributed by atoms with Gasteiger partial charge >= 0.3 is 0 Å². The summed E-state index contributed by atoms with van der Waals surface area (Å²) in [6, 6.07) is 4.17. The van der Waals surface area contributed by atoms with Gasteiger partial charge in [0.25, 0.3) is 0 Å². The first-order valence-corrected chi connectivity index (χ1v) is 8.57. The second-order valence-corrected chi connectivity index (χ2v) is 6.27. The number of thiocarbonyl (C=S) groups is 1. The molecule has 1 saturated heterocycles. The lowest BCUT2D eigenvalue weighted by Gasteiger charge is -2.34. The van der Waals surface area contributed by atoms with Crippen molar-refractivity contribution in [2.75, 3.05) is 46.9 Å². The van der Waals surface area contributed by atoms with Gasteiger partial charge in [0, 0.05) is 12.1 Å². The van der Waals surface area contributed by atoms with Crippen LogP contribution in [0.3, 0.4) is 0 Å². The van der Waals surface area contributed by atoms with Crippen LogP contribution in [0.25, 0.3) is 0 Å². The van der Waals surface area contributed by atoms with Crippen LogP contribution in [0.4, 0.5) is 0 Å². The molecule has 0 amide bonds. The van der Waals surface area contributed by atoms with Crippen LogP contribution in [0.1, 0.15) is 18.1 Å². The number of nitrogens with zero attached hydrogens (tertiary/aromatic N) is 1. The van der Waals surface area contributed by atoms with Crippen molar-refractivity contribution in [2.45, 2.75) is 20.4 Å². The molecular formula is C17H28N3O2S+. The SMILES string of the molecule is CCNC(=S)N1CC[NH+](Cc2cc(OC)c(OC)cc2C)CC1. The quantitative estimate of drug-likeness (QED) is 0.770. The van der Waals surface area contributed by atoms with E-state index in [0.717, 1.165) is 55.9 Å². The van der Waals surface area contributed by atoms with Crippen molar-refractivity contribution >= 4 is 17.3 Å². The van der Waals surface area contributed by atoms with E-state index in [1.54, 1.807) is 19.1 Å². The van der Waals surface area contributed by atoms with Crippen molar-refractivity contribution in [3.63, 3.8) is 0 Å². The predicted molar refractivity (Wildman–Crippen MR) is 96.5 cm³/mol. The molecule has 0 saturated carbocycles. The third kappa shape index (κ3) is 4.48. The van der Waals surface area contributed by atoms with Crippen molar-refractivity contribution < 1.29 is 14.4 Å². The van der Waals surface area contributed by atoms with Crippen molar-refractivity contribution in [1.29, 1.82) is 0 Å². The predicted octanol–water partition coefficient (Wildman–Crippen LogP) is 0.607. The van der Waals surface area contributed by atoms with Crippen molar-refractivity contribution in [3.8, 4) is 11.5 Å². The van der Waals surface area contributed by atoms with E-state index in [1.807, 2.05) is 0 Å². The molecule has 2 N–H and O–H groups in total. The summed E-state index contributed by atoms with van der Waals surface area (Å²) in [5, 5.41) is 4.12. The standard InChI is InChI=1S/C17H27N3O2S/c1-5-18-17(23)20-8-6-19(7-9-20)12-14-11-16(22-4)15(21-3)10-13(14)2/h10-11H,5-9,12H2,1-4H3,(H,18,23)/p+1. The molecule has 0 atom stereocenters. The van der Waals surface area contributed by atoms with Gasteiger partial charge in [-0.2, -0.15) is 0 Å². The molecule has 0 radical (unpaired) electrons. The molecular weight excluding hydrogens is 310 g/mol. The summed E-state index contributed by atoms with van der Waals surface area (Å²) in [5.41, 5.74) is 2.57. The van der Waals surface area contributed by atoms with Gasteiger partial charge in [0.15, 0.2) is 16.6 Å². The molecule has 1 aliphatic rings. The summed E-state index contributed by atoms with van der Waals surface area (Å²) >= 11 is 5.40. The van der Waals surface area contributed by atoms with Gasteiger partial charge in [0.2, 0.25) is 0 Å². The Bertz CT molecular complexity index is 543. The topological polar surface area (TPSA) is 38.2 Å². The zero-order valence-corrected chi connectivity index (χ0v) is 15.4. The number of aryl methyl sites for hydroxylation is 1. The van der Waals surface area contributed by atoms with Gasteiger partial charge in [0.05, 0.1) is 40.4 Å². The van der Waals surface area contributed by atoms with Crippen LogP contribution < -0.4 is 19.7 Å². The highest BCUT2D eigenvalue weighted by molar-refractivity contribution is 7.80. The number of benzene rings is 1. The fraction of sp³-hybridized carbons (Fsp3) is 0.588. The zero-order chi connectivity index (χ0) is 16.8. The van der Waals surface area contributed by atoms with Gasteiger partial charge in [-0.15, -0.1) is 0 Å². The van der Waals surface area contributed by atoms with Crippen LogP contribution in [-0.2, 0) is 6.54 Å². The molecule has 1 aromatic rings. The summed E-state index contributed by atoms with van der Waals surface area (Å²) in [5.74, 6) is 1.60. The highest BCUT2D eigenvalue weighted by Crippen LogP contribution is 2.29. The van der Waals surface area contributed by atoms with Crippen LogP contribution in [0.15, 0.2) is 12.1 Å². The number of nitrogens with one attached hydrogen (secondary N) is 2. The maximum atomic E-state index is 5.43. The Morgan fingerprint density at radius 3 is 2.39 bits per heavy atom. The number of ether oxygens (including phenoxy) is 2. The molecule has 0 aromatic heterocycles. The monoisotopic (exact) mass is 338 g/mol. The molecule has 0 aliphatic carbocycles. The Morgan fingerprint density at radius 1 is 1.22 bits per heavy atom. The highest BCUT2D eigenvalue weighted by Gasteiger charge is 2.22. The van der Waals surface area contributed by atoms with Crippen LogP contribution in [0.2, 0.25) is 0 Å². The zero-order valence-electron chi connectivity index (χ0n) is 14.6. The molecule has 6 heteroatoms. The maximum absolute atomic E-state index is 5.43. The van der Waals surface area contributed by atoms with Gasteiger partial charge in [0.1, 0.15) is 6.54 Å². The fourth-order valence-corrected chi connectivity index (χ4v) is 3.28. The number of methoxy groups -OCH3 is 2. The lowest BCUT2D eigenvalue weighted by Crippen LogP contribution is -3.13. The van der Waals surface area contributed by atoms with Crippen molar-refractivity contribution in [3.05, 3.63) is 23.3 Å². The van der Waals surface area contributed by atoms with E-state index in [0.29, 0.717) is 0 Å². The fourth-order valence-electron chi connectivity index (χ4n) is 2.95. The Labute approximate surface area is 144 Å². The van der Waals surface area contributed by atoms with E-state index in [4.69, 9.17) is 21.7 Å². The Balaban J connectivity index is 1.97. The molecule has 0 spiro atoms. The number of hydrogen-bond acceptors (Lipinski definition) is 3. The first kappa shape index (κ1) is 17.8. The lowest BCUT2D eigenvalue weighted by molar-refractivity contribution is -0.917. The average molecular weight is 338 g/mol. The smallest absolute Gasteiger partial charge is 0.169 e. The first-order valence-electron chi connectivity index (χ1n) is 8.16. The molecule has 0 bridgehead atoms. The Morgan fingerprint density at radius 2 is 1.83 bits per heavy atom. The third-order valence-corrected chi connectivity index (χ3v) is 4.77. The lowest BCUT2D eigenvalue weighted by atomic mass is 10.1. The molecule has 1 aliphatic heterocycles. The minimum absolute atomic E-state index is 0.796. The highest BCUT2D eigenvalue weighted by atomic mass is 32.1. The summed E-state index contributed by atoms with van der Waals surface area (Å²) in [4.78, 5) is 3.85. The van der Waals surface area contributed by atoms with E-state index in [2.05, 4.69) is 36.2 Å². The maximum Gasteiger partial charge on any atom is 0.169 e. The second-order valence-electron chi connectivity index (χ2n) is 5.88. The van der Waals surface area contributed by atoms with Crippen LogP contribution in [-0.4, -0.2) is 57.0 Å². The second kappa shape index (κ2) is 8.36. The molecule has 1 aromatic carbocycles. The van der Waals surface area contributed by atoms with Crippen molar-refractivity contribution in [2.24, 2.45) is 0 Å². The number of hydrogen-bond donors (Lipinski definition) is 2. The number of piperazine rings is 1. The molecule has 5 nitrogen and oxygen atoms in total.